The van der Waals surface area contributed by atoms with Gasteiger partial charge in [-0.3, -0.25) is 4.18 Å². The number of aliphatic hydroxyl groups excluding tert-OH is 1. The minimum Gasteiger partial charge on any atom is -0.394 e. The van der Waals surface area contributed by atoms with Crippen LogP contribution < -0.4 is 0 Å². The molecule has 0 aromatic heterocycles. The van der Waals surface area contributed by atoms with Gasteiger partial charge in [-0.15, -0.1) is 11.6 Å². The number of halogens is 1. The van der Waals surface area contributed by atoms with Crippen LogP contribution in [-0.2, 0) is 53.1 Å². The van der Waals surface area contributed by atoms with Gasteiger partial charge in [0.05, 0.1) is 33.0 Å². The summed E-state index contributed by atoms with van der Waals surface area (Å²) >= 11 is 5.70. The topological polar surface area (TPSA) is 104 Å². The van der Waals surface area contributed by atoms with Gasteiger partial charge in [0.15, 0.2) is 0 Å². The molecule has 1 saturated heterocycles. The molecule has 4 rings (SSSR count). The molecular weight excluding hydrogens is 544 g/mol. The minimum absolute atomic E-state index is 0.119. The van der Waals surface area contributed by atoms with E-state index in [2.05, 4.69) is 0 Å². The molecule has 1 aliphatic heterocycles. The largest absolute Gasteiger partial charge is 0.394 e. The molecule has 210 valence electrons. The van der Waals surface area contributed by atoms with E-state index < -0.39 is 45.8 Å². The second-order valence-corrected chi connectivity index (χ2v) is 11.3. The summed E-state index contributed by atoms with van der Waals surface area (Å²) < 4.78 is 54.9. The van der Waals surface area contributed by atoms with Crippen LogP contribution in [0.1, 0.15) is 16.7 Å². The van der Waals surface area contributed by atoms with Crippen molar-refractivity contribution in [1.82, 2.24) is 0 Å². The van der Waals surface area contributed by atoms with Crippen LogP contribution in [0, 0.1) is 0 Å². The van der Waals surface area contributed by atoms with Crippen molar-refractivity contribution >= 4 is 21.7 Å². The van der Waals surface area contributed by atoms with Crippen molar-refractivity contribution in [2.75, 3.05) is 18.4 Å². The van der Waals surface area contributed by atoms with Crippen LogP contribution in [0.4, 0.5) is 0 Å². The summed E-state index contributed by atoms with van der Waals surface area (Å²) in [5, 5.41) is 9.01. The fourth-order valence-electron chi connectivity index (χ4n) is 4.17. The van der Waals surface area contributed by atoms with Crippen LogP contribution in [0.5, 0.6) is 0 Å². The maximum Gasteiger partial charge on any atom is 0.281 e. The summed E-state index contributed by atoms with van der Waals surface area (Å²) in [6.45, 7) is 0.284. The first kappa shape index (κ1) is 29.6. The Labute approximate surface area is 234 Å². The number of alkyl halides is 1. The molecule has 3 aromatic rings. The summed E-state index contributed by atoms with van der Waals surface area (Å²) in [7, 11) is -4.11. The Hall–Kier alpha value is -2.34. The third kappa shape index (κ3) is 9.37. The predicted molar refractivity (Wildman–Crippen MR) is 146 cm³/mol. The minimum atomic E-state index is -4.11. The summed E-state index contributed by atoms with van der Waals surface area (Å²) in [5.41, 5.74) is 2.71. The lowest BCUT2D eigenvalue weighted by atomic mass is 10.0. The smallest absolute Gasteiger partial charge is 0.281 e. The maximum atomic E-state index is 12.6. The van der Waals surface area contributed by atoms with Crippen LogP contribution in [-0.4, -0.2) is 62.5 Å². The van der Waals surface area contributed by atoms with Gasteiger partial charge in [0.25, 0.3) is 10.1 Å². The molecule has 3 aromatic carbocycles. The van der Waals surface area contributed by atoms with E-state index in [9.17, 15) is 13.5 Å². The first-order chi connectivity index (χ1) is 19.0. The lowest BCUT2D eigenvalue weighted by Crippen LogP contribution is -2.49. The van der Waals surface area contributed by atoms with Gasteiger partial charge in [0.2, 0.25) is 0 Å². The van der Waals surface area contributed by atoms with Gasteiger partial charge in [0.1, 0.15) is 35.7 Å². The highest BCUT2D eigenvalue weighted by molar-refractivity contribution is 7.87. The Kier molecular flexibility index (Phi) is 11.3. The van der Waals surface area contributed by atoms with Crippen molar-refractivity contribution in [3.8, 4) is 0 Å². The Morgan fingerprint density at radius 3 is 1.79 bits per heavy atom. The first-order valence-corrected chi connectivity index (χ1v) is 14.8. The van der Waals surface area contributed by atoms with Crippen molar-refractivity contribution in [3.05, 3.63) is 108 Å². The molecule has 0 unspecified atom stereocenters. The lowest BCUT2D eigenvalue weighted by molar-refractivity contribution is -0.145. The van der Waals surface area contributed by atoms with E-state index in [0.717, 1.165) is 16.7 Å². The van der Waals surface area contributed by atoms with Crippen LogP contribution >= 0.6 is 11.6 Å². The normalized spacial score (nSPS) is 19.3. The van der Waals surface area contributed by atoms with Crippen molar-refractivity contribution in [1.29, 1.82) is 0 Å². The summed E-state index contributed by atoms with van der Waals surface area (Å²) in [5.74, 6) is 0. The second-order valence-electron chi connectivity index (χ2n) is 9.15. The molecule has 1 N–H and O–H groups in total. The molecule has 0 aliphatic carbocycles. The van der Waals surface area contributed by atoms with E-state index >= 15 is 0 Å². The third-order valence-electron chi connectivity index (χ3n) is 6.18. The number of aliphatic hydroxyl groups is 1. The molecule has 0 amide bonds. The molecule has 0 spiro atoms. The van der Waals surface area contributed by atoms with Gasteiger partial charge in [0, 0.05) is 0 Å². The summed E-state index contributed by atoms with van der Waals surface area (Å²) in [6, 6.07) is 28.5. The Bertz CT molecular complexity index is 1210. The molecule has 0 bridgehead atoms. The molecule has 1 fully saturated rings. The first-order valence-electron chi connectivity index (χ1n) is 12.6. The average molecular weight is 577 g/mol. The molecule has 0 radical (unpaired) electrons. The predicted octanol–water partition coefficient (Wildman–Crippen LogP) is 4.05. The Balaban J connectivity index is 1.60. The van der Waals surface area contributed by atoms with Crippen LogP contribution in [0.25, 0.3) is 0 Å². The second kappa shape index (κ2) is 14.9. The Morgan fingerprint density at radius 1 is 0.795 bits per heavy atom. The lowest BCUT2D eigenvalue weighted by Gasteiger charge is -2.32. The molecule has 0 saturated carbocycles. The highest BCUT2D eigenvalue weighted by Crippen LogP contribution is 2.33. The molecule has 8 nitrogen and oxygen atoms in total. The van der Waals surface area contributed by atoms with Crippen LogP contribution in [0.15, 0.2) is 91.0 Å². The van der Waals surface area contributed by atoms with Gasteiger partial charge >= 0.3 is 0 Å². The fraction of sp³-hybridized carbons (Fsp3) is 0.379. The van der Waals surface area contributed by atoms with Crippen molar-refractivity contribution in [2.45, 2.75) is 50.3 Å². The van der Waals surface area contributed by atoms with Gasteiger partial charge in [-0.25, -0.2) is 0 Å². The van der Waals surface area contributed by atoms with Crippen molar-refractivity contribution in [3.63, 3.8) is 0 Å². The van der Waals surface area contributed by atoms with E-state index in [4.69, 9.17) is 34.7 Å². The maximum absolute atomic E-state index is 12.6. The Morgan fingerprint density at radius 2 is 1.31 bits per heavy atom. The monoisotopic (exact) mass is 576 g/mol. The number of ether oxygens (including phenoxy) is 4. The van der Waals surface area contributed by atoms with Crippen LogP contribution in [0.2, 0.25) is 0 Å². The number of hydrogen-bond donors (Lipinski definition) is 1. The molecule has 1 heterocycles. The van der Waals surface area contributed by atoms with Gasteiger partial charge < -0.3 is 24.1 Å². The molecule has 5 atom stereocenters. The number of rotatable bonds is 17. The van der Waals surface area contributed by atoms with Gasteiger partial charge in [-0.05, 0) is 16.7 Å². The molecule has 1 aliphatic rings. The highest BCUT2D eigenvalue weighted by Gasteiger charge is 2.51. The molecule has 10 heteroatoms. The summed E-state index contributed by atoms with van der Waals surface area (Å²) in [4.78, 5) is 0. The zero-order chi connectivity index (χ0) is 27.5. The van der Waals surface area contributed by atoms with E-state index in [1.54, 1.807) is 0 Å². The van der Waals surface area contributed by atoms with Crippen LogP contribution in [0.3, 0.4) is 0 Å². The quantitative estimate of drug-likeness (QED) is 0.146. The van der Waals surface area contributed by atoms with Crippen molar-refractivity contribution in [2.24, 2.45) is 0 Å². The summed E-state index contributed by atoms with van der Waals surface area (Å²) in [6.07, 6.45) is -3.82. The molecule has 39 heavy (non-hydrogen) atoms. The number of benzene rings is 3. The number of hydrogen-bond acceptors (Lipinski definition) is 8. The number of epoxide rings is 1. The third-order valence-corrected chi connectivity index (χ3v) is 7.79. The van der Waals surface area contributed by atoms with E-state index in [0.29, 0.717) is 0 Å². The molecular formula is C29H33ClO8S. The fourth-order valence-corrected chi connectivity index (χ4v) is 4.92. The van der Waals surface area contributed by atoms with Crippen molar-refractivity contribution < 1.29 is 36.7 Å². The van der Waals surface area contributed by atoms with E-state index in [1.807, 2.05) is 91.0 Å². The van der Waals surface area contributed by atoms with E-state index in [1.165, 1.54) is 0 Å². The SMILES string of the molecule is O=S(=O)(CCl)O[C@@H](COCc1ccccc1)[C@H](OCc1ccccc1)[C@H](OCc1ccccc1)[C@H]1O[C@@H]1CO. The van der Waals surface area contributed by atoms with E-state index in [-0.39, 0.29) is 33.0 Å². The highest BCUT2D eigenvalue weighted by atomic mass is 35.5. The zero-order valence-electron chi connectivity index (χ0n) is 21.4. The van der Waals surface area contributed by atoms with Gasteiger partial charge in [-0.2, -0.15) is 8.42 Å². The van der Waals surface area contributed by atoms with Gasteiger partial charge in [-0.1, -0.05) is 91.0 Å². The average Bonchev–Trinajstić information content (AvgIpc) is 3.75. The zero-order valence-corrected chi connectivity index (χ0v) is 23.0. The standard InChI is InChI=1S/C29H33ClO8S/c30-21-39(32,33)38-26(20-34-17-22-10-4-1-5-11-22)27(35-18-23-12-6-2-7-13-23)29(28-25(16-31)37-28)36-19-24-14-8-3-9-15-24/h1-15,25-29,31H,16-21H2/t25-,26+,27+,28+,29+/m1/s1.